The van der Waals surface area contributed by atoms with Gasteiger partial charge < -0.3 is 5.73 Å². The molecule has 0 atom stereocenters. The minimum atomic E-state index is 0.187. The van der Waals surface area contributed by atoms with Crippen molar-refractivity contribution >= 4 is 17.4 Å². The summed E-state index contributed by atoms with van der Waals surface area (Å²) in [5.74, 6) is 0.996. The molecule has 0 aliphatic carbocycles. The number of nitrogens with two attached hydrogens (primary N) is 1. The van der Waals surface area contributed by atoms with E-state index in [2.05, 4.69) is 45.2 Å². The van der Waals surface area contributed by atoms with Gasteiger partial charge in [0.15, 0.2) is 0 Å². The molecule has 0 unspecified atom stereocenters. The lowest BCUT2D eigenvalue weighted by molar-refractivity contribution is 0.590. The number of nitrogen functional groups attached to an aromatic ring is 1. The molecule has 2 N–H and O–H groups in total. The molecular formula is C12H19NS. The number of anilines is 1. The molecule has 1 rings (SSSR count). The lowest BCUT2D eigenvalue weighted by atomic mass is 9.86. The minimum Gasteiger partial charge on any atom is -0.398 e. The van der Waals surface area contributed by atoms with Crippen molar-refractivity contribution < 1.29 is 0 Å². The molecule has 0 fully saturated rings. The van der Waals surface area contributed by atoms with Gasteiger partial charge in [0.25, 0.3) is 0 Å². The molecule has 0 aromatic heterocycles. The van der Waals surface area contributed by atoms with E-state index in [1.807, 2.05) is 0 Å². The van der Waals surface area contributed by atoms with Crippen LogP contribution in [-0.2, 0) is 11.2 Å². The van der Waals surface area contributed by atoms with E-state index in [4.69, 9.17) is 5.73 Å². The van der Waals surface area contributed by atoms with E-state index in [0.717, 1.165) is 11.4 Å². The second-order valence-electron chi connectivity index (χ2n) is 4.60. The van der Waals surface area contributed by atoms with Gasteiger partial charge in [-0.05, 0) is 28.9 Å². The zero-order valence-electron chi connectivity index (χ0n) is 9.42. The number of hydrogen-bond donors (Lipinski definition) is 1. The highest BCUT2D eigenvalue weighted by atomic mass is 32.2. The average molecular weight is 209 g/mol. The fourth-order valence-electron chi connectivity index (χ4n) is 1.35. The number of rotatable bonds is 2. The van der Waals surface area contributed by atoms with Crippen LogP contribution >= 0.6 is 11.8 Å². The van der Waals surface area contributed by atoms with E-state index in [9.17, 15) is 0 Å². The van der Waals surface area contributed by atoms with Crippen LogP contribution in [0.3, 0.4) is 0 Å². The van der Waals surface area contributed by atoms with E-state index < -0.39 is 0 Å². The number of thioether (sulfide) groups is 1. The molecule has 0 heterocycles. The molecule has 0 saturated carbocycles. The van der Waals surface area contributed by atoms with E-state index in [-0.39, 0.29) is 5.41 Å². The first kappa shape index (κ1) is 11.4. The van der Waals surface area contributed by atoms with Gasteiger partial charge in [-0.25, -0.2) is 0 Å². The van der Waals surface area contributed by atoms with Crippen LogP contribution in [0.2, 0.25) is 0 Å². The fourth-order valence-corrected chi connectivity index (χ4v) is 1.92. The summed E-state index contributed by atoms with van der Waals surface area (Å²) < 4.78 is 0. The lowest BCUT2D eigenvalue weighted by Crippen LogP contribution is -2.11. The smallest absolute Gasteiger partial charge is 0.0358 e. The van der Waals surface area contributed by atoms with Gasteiger partial charge in [-0.3, -0.25) is 0 Å². The maximum atomic E-state index is 5.99. The van der Waals surface area contributed by atoms with Gasteiger partial charge in [0, 0.05) is 11.4 Å². The summed E-state index contributed by atoms with van der Waals surface area (Å²) in [4.78, 5) is 0. The maximum absolute atomic E-state index is 5.99. The van der Waals surface area contributed by atoms with Crippen LogP contribution in [0.4, 0.5) is 5.69 Å². The van der Waals surface area contributed by atoms with Gasteiger partial charge in [-0.2, -0.15) is 11.8 Å². The van der Waals surface area contributed by atoms with Gasteiger partial charge in [0.1, 0.15) is 0 Å². The molecule has 2 heteroatoms. The Balaban J connectivity index is 3.01. The first-order valence-corrected chi connectivity index (χ1v) is 6.22. The summed E-state index contributed by atoms with van der Waals surface area (Å²) in [5, 5.41) is 0. The molecule has 0 aliphatic heterocycles. The summed E-state index contributed by atoms with van der Waals surface area (Å²) in [6.45, 7) is 6.61. The zero-order valence-corrected chi connectivity index (χ0v) is 10.2. The topological polar surface area (TPSA) is 26.0 Å². The Bertz CT molecular complexity index is 313. The molecular weight excluding hydrogens is 190 g/mol. The first-order chi connectivity index (χ1) is 6.45. The molecule has 0 aliphatic rings. The van der Waals surface area contributed by atoms with Crippen molar-refractivity contribution in [3.05, 3.63) is 29.3 Å². The summed E-state index contributed by atoms with van der Waals surface area (Å²) in [6, 6.07) is 6.43. The summed E-state index contributed by atoms with van der Waals surface area (Å²) in [5.41, 5.74) is 9.65. The maximum Gasteiger partial charge on any atom is 0.0358 e. The molecule has 0 spiro atoms. The minimum absolute atomic E-state index is 0.187. The highest BCUT2D eigenvalue weighted by molar-refractivity contribution is 7.97. The molecule has 0 radical (unpaired) electrons. The van der Waals surface area contributed by atoms with E-state index in [1.54, 1.807) is 11.8 Å². The third-order valence-corrected chi connectivity index (χ3v) is 2.91. The van der Waals surface area contributed by atoms with Crippen molar-refractivity contribution in [1.82, 2.24) is 0 Å². The van der Waals surface area contributed by atoms with Crippen molar-refractivity contribution in [2.75, 3.05) is 12.0 Å². The van der Waals surface area contributed by atoms with Crippen LogP contribution in [0.1, 0.15) is 31.9 Å². The van der Waals surface area contributed by atoms with Crippen molar-refractivity contribution in [1.29, 1.82) is 0 Å². The van der Waals surface area contributed by atoms with Crippen LogP contribution in [0, 0.1) is 0 Å². The van der Waals surface area contributed by atoms with Crippen LogP contribution in [0.15, 0.2) is 18.2 Å². The number of benzene rings is 1. The Labute approximate surface area is 91.1 Å². The largest absolute Gasteiger partial charge is 0.398 e. The molecule has 0 amide bonds. The quantitative estimate of drug-likeness (QED) is 0.755. The van der Waals surface area contributed by atoms with Crippen molar-refractivity contribution in [2.45, 2.75) is 31.9 Å². The molecule has 0 bridgehead atoms. The van der Waals surface area contributed by atoms with Crippen molar-refractivity contribution in [3.63, 3.8) is 0 Å². The highest BCUT2D eigenvalue weighted by Crippen LogP contribution is 2.26. The molecule has 1 aromatic rings. The Morgan fingerprint density at radius 3 is 2.36 bits per heavy atom. The molecule has 1 aromatic carbocycles. The summed E-state index contributed by atoms with van der Waals surface area (Å²) >= 11 is 1.80. The zero-order chi connectivity index (χ0) is 10.8. The Kier molecular flexibility index (Phi) is 3.48. The second-order valence-corrected chi connectivity index (χ2v) is 5.46. The van der Waals surface area contributed by atoms with Gasteiger partial charge in [-0.1, -0.05) is 32.9 Å². The van der Waals surface area contributed by atoms with Gasteiger partial charge in [0.2, 0.25) is 0 Å². The van der Waals surface area contributed by atoms with E-state index in [1.165, 1.54) is 11.1 Å². The van der Waals surface area contributed by atoms with Crippen LogP contribution in [-0.4, -0.2) is 6.26 Å². The molecule has 0 saturated heterocycles. The molecule has 1 nitrogen and oxygen atoms in total. The van der Waals surface area contributed by atoms with Crippen molar-refractivity contribution in [2.24, 2.45) is 0 Å². The van der Waals surface area contributed by atoms with Crippen LogP contribution in [0.25, 0.3) is 0 Å². The van der Waals surface area contributed by atoms with Crippen LogP contribution < -0.4 is 5.73 Å². The van der Waals surface area contributed by atoms with Crippen molar-refractivity contribution in [3.8, 4) is 0 Å². The van der Waals surface area contributed by atoms with Gasteiger partial charge in [0.05, 0.1) is 0 Å². The highest BCUT2D eigenvalue weighted by Gasteiger charge is 2.14. The molecule has 14 heavy (non-hydrogen) atoms. The SMILES string of the molecule is CSCc1ccc(C(C)(C)C)cc1N. The fraction of sp³-hybridized carbons (Fsp3) is 0.500. The summed E-state index contributed by atoms with van der Waals surface area (Å²) in [6.07, 6.45) is 2.09. The van der Waals surface area contributed by atoms with Crippen LogP contribution in [0.5, 0.6) is 0 Å². The second kappa shape index (κ2) is 4.26. The van der Waals surface area contributed by atoms with Gasteiger partial charge >= 0.3 is 0 Å². The Morgan fingerprint density at radius 1 is 1.29 bits per heavy atom. The van der Waals surface area contributed by atoms with E-state index in [0.29, 0.717) is 0 Å². The monoisotopic (exact) mass is 209 g/mol. The predicted octanol–water partition coefficient (Wildman–Crippen LogP) is 3.43. The Morgan fingerprint density at radius 2 is 1.93 bits per heavy atom. The van der Waals surface area contributed by atoms with E-state index >= 15 is 0 Å². The lowest BCUT2D eigenvalue weighted by Gasteiger charge is -2.20. The normalized spacial score (nSPS) is 11.7. The Hall–Kier alpha value is -0.630. The molecule has 78 valence electrons. The average Bonchev–Trinajstić information content (AvgIpc) is 2.07. The standard InChI is InChI=1S/C12H19NS/c1-12(2,3)10-6-5-9(8-14-4)11(13)7-10/h5-7H,8,13H2,1-4H3. The third-order valence-electron chi connectivity index (χ3n) is 2.31. The summed E-state index contributed by atoms with van der Waals surface area (Å²) in [7, 11) is 0. The predicted molar refractivity (Wildman–Crippen MR) is 66.8 cm³/mol. The first-order valence-electron chi connectivity index (χ1n) is 4.83. The number of hydrogen-bond acceptors (Lipinski definition) is 2. The van der Waals surface area contributed by atoms with Gasteiger partial charge in [-0.15, -0.1) is 0 Å². The third kappa shape index (κ3) is 2.68.